The predicted molar refractivity (Wildman–Crippen MR) is 68.6 cm³/mol. The summed E-state index contributed by atoms with van der Waals surface area (Å²) in [5, 5.41) is 0.679. The maximum absolute atomic E-state index is 11.9. The van der Waals surface area contributed by atoms with Crippen LogP contribution in [-0.4, -0.2) is 18.2 Å². The number of nitrogens with zero attached hydrogens (tertiary/aromatic N) is 1. The van der Waals surface area contributed by atoms with Gasteiger partial charge in [-0.25, -0.2) is 0 Å². The summed E-state index contributed by atoms with van der Waals surface area (Å²) in [5.41, 5.74) is 7.41. The minimum Gasteiger partial charge on any atom is -0.495 e. The van der Waals surface area contributed by atoms with Crippen LogP contribution in [0, 0.1) is 6.92 Å². The number of ether oxygens (including phenoxy) is 1. The van der Waals surface area contributed by atoms with E-state index in [-0.39, 0.29) is 5.43 Å². The third-order valence-electron chi connectivity index (χ3n) is 2.77. The van der Waals surface area contributed by atoms with Crippen molar-refractivity contribution < 1.29 is 4.74 Å². The van der Waals surface area contributed by atoms with Crippen molar-refractivity contribution in [2.24, 2.45) is 5.73 Å². The van der Waals surface area contributed by atoms with Crippen LogP contribution in [0.2, 0.25) is 0 Å². The fourth-order valence-electron chi connectivity index (χ4n) is 2.03. The van der Waals surface area contributed by atoms with Gasteiger partial charge in [0.15, 0.2) is 5.43 Å². The van der Waals surface area contributed by atoms with E-state index in [0.717, 1.165) is 11.1 Å². The van der Waals surface area contributed by atoms with Gasteiger partial charge in [0.05, 0.1) is 12.6 Å². The number of fused-ring (bicyclic) bond motifs is 1. The monoisotopic (exact) mass is 232 g/mol. The minimum atomic E-state index is 0.00951. The summed E-state index contributed by atoms with van der Waals surface area (Å²) in [5.74, 6) is 0.714. The summed E-state index contributed by atoms with van der Waals surface area (Å²) in [6.45, 7) is 3.13. The van der Waals surface area contributed by atoms with Crippen molar-refractivity contribution in [2.45, 2.75) is 13.5 Å². The molecule has 2 aromatic rings. The molecular weight excluding hydrogens is 216 g/mol. The van der Waals surface area contributed by atoms with Crippen molar-refractivity contribution in [1.29, 1.82) is 0 Å². The second-order valence-corrected chi connectivity index (χ2v) is 4.03. The molecule has 2 rings (SSSR count). The molecule has 0 saturated carbocycles. The number of pyridine rings is 1. The lowest BCUT2D eigenvalue weighted by Crippen LogP contribution is -2.14. The number of aromatic nitrogens is 1. The summed E-state index contributed by atoms with van der Waals surface area (Å²) in [7, 11) is 1.61. The van der Waals surface area contributed by atoms with E-state index in [1.165, 1.54) is 0 Å². The van der Waals surface area contributed by atoms with Crippen molar-refractivity contribution in [3.05, 3.63) is 40.2 Å². The van der Waals surface area contributed by atoms with E-state index in [1.54, 1.807) is 19.4 Å². The molecule has 4 nitrogen and oxygen atoms in total. The highest BCUT2D eigenvalue weighted by Crippen LogP contribution is 2.25. The molecule has 1 aromatic carbocycles. The first-order valence-corrected chi connectivity index (χ1v) is 5.55. The van der Waals surface area contributed by atoms with Gasteiger partial charge in [0, 0.05) is 30.7 Å². The van der Waals surface area contributed by atoms with E-state index in [2.05, 4.69) is 0 Å². The topological polar surface area (TPSA) is 57.2 Å². The molecule has 0 aliphatic heterocycles. The van der Waals surface area contributed by atoms with Crippen molar-refractivity contribution in [3.63, 3.8) is 0 Å². The smallest absolute Gasteiger partial charge is 0.189 e. The highest BCUT2D eigenvalue weighted by Gasteiger charge is 2.09. The van der Waals surface area contributed by atoms with Gasteiger partial charge in [0.25, 0.3) is 0 Å². The lowest BCUT2D eigenvalue weighted by atomic mass is 10.1. The maximum Gasteiger partial charge on any atom is 0.189 e. The first kappa shape index (κ1) is 11.7. The molecule has 0 spiro atoms. The first-order chi connectivity index (χ1) is 8.17. The van der Waals surface area contributed by atoms with Crippen LogP contribution in [0.1, 0.15) is 5.56 Å². The van der Waals surface area contributed by atoms with Crippen LogP contribution in [-0.2, 0) is 6.54 Å². The molecule has 1 aromatic heterocycles. The molecule has 0 bridgehead atoms. The molecule has 90 valence electrons. The van der Waals surface area contributed by atoms with Crippen LogP contribution in [0.25, 0.3) is 10.9 Å². The van der Waals surface area contributed by atoms with E-state index in [1.807, 2.05) is 23.6 Å². The molecule has 0 aliphatic carbocycles. The SMILES string of the molecule is COc1cc(C)cc2c(=O)ccn(CCN)c12. The molecule has 17 heavy (non-hydrogen) atoms. The fourth-order valence-corrected chi connectivity index (χ4v) is 2.03. The highest BCUT2D eigenvalue weighted by molar-refractivity contribution is 5.85. The van der Waals surface area contributed by atoms with Gasteiger partial charge in [-0.1, -0.05) is 0 Å². The van der Waals surface area contributed by atoms with Crippen LogP contribution in [0.3, 0.4) is 0 Å². The zero-order valence-corrected chi connectivity index (χ0v) is 10.1. The van der Waals surface area contributed by atoms with E-state index < -0.39 is 0 Å². The summed E-state index contributed by atoms with van der Waals surface area (Å²) < 4.78 is 7.30. The number of methoxy groups -OCH3 is 1. The number of hydrogen-bond donors (Lipinski definition) is 1. The molecule has 0 atom stereocenters. The number of hydrogen-bond acceptors (Lipinski definition) is 3. The van der Waals surface area contributed by atoms with Crippen molar-refractivity contribution in [3.8, 4) is 5.75 Å². The Morgan fingerprint density at radius 3 is 2.82 bits per heavy atom. The molecule has 0 amide bonds. The van der Waals surface area contributed by atoms with Gasteiger partial charge in [0.2, 0.25) is 0 Å². The molecule has 4 heteroatoms. The highest BCUT2D eigenvalue weighted by atomic mass is 16.5. The first-order valence-electron chi connectivity index (χ1n) is 5.55. The summed E-state index contributed by atoms with van der Waals surface area (Å²) in [6.07, 6.45) is 1.76. The van der Waals surface area contributed by atoms with E-state index >= 15 is 0 Å². The molecule has 0 radical (unpaired) electrons. The largest absolute Gasteiger partial charge is 0.495 e. The Labute approximate surface area is 99.6 Å². The Kier molecular flexibility index (Phi) is 3.15. The van der Waals surface area contributed by atoms with Crippen molar-refractivity contribution in [1.82, 2.24) is 4.57 Å². The van der Waals surface area contributed by atoms with Crippen LogP contribution in [0.4, 0.5) is 0 Å². The van der Waals surface area contributed by atoms with Crippen LogP contribution in [0.5, 0.6) is 5.75 Å². The standard InChI is InChI=1S/C13H16N2O2/c1-9-7-10-11(16)3-5-15(6-4-14)13(10)12(8-9)17-2/h3,5,7-8H,4,6,14H2,1-2H3. The minimum absolute atomic E-state index is 0.00951. The number of nitrogens with two attached hydrogens (primary N) is 1. The lowest BCUT2D eigenvalue weighted by molar-refractivity contribution is 0.416. The van der Waals surface area contributed by atoms with Crippen LogP contribution >= 0.6 is 0 Å². The molecule has 0 unspecified atom stereocenters. The average molecular weight is 232 g/mol. The second-order valence-electron chi connectivity index (χ2n) is 4.03. The molecule has 0 saturated heterocycles. The molecule has 2 N–H and O–H groups in total. The Balaban J connectivity index is 2.86. The van der Waals surface area contributed by atoms with Crippen LogP contribution < -0.4 is 15.9 Å². The number of rotatable bonds is 3. The fraction of sp³-hybridized carbons (Fsp3) is 0.308. The van der Waals surface area contributed by atoms with E-state index in [4.69, 9.17) is 10.5 Å². The normalized spacial score (nSPS) is 10.8. The Bertz CT molecular complexity index is 602. The van der Waals surface area contributed by atoms with Gasteiger partial charge in [-0.15, -0.1) is 0 Å². The molecule has 1 heterocycles. The molecule has 0 fully saturated rings. The Morgan fingerprint density at radius 2 is 2.18 bits per heavy atom. The third kappa shape index (κ3) is 2.03. The zero-order chi connectivity index (χ0) is 12.4. The lowest BCUT2D eigenvalue weighted by Gasteiger charge is -2.13. The quantitative estimate of drug-likeness (QED) is 0.867. The van der Waals surface area contributed by atoms with E-state index in [9.17, 15) is 4.79 Å². The van der Waals surface area contributed by atoms with Crippen LogP contribution in [0.15, 0.2) is 29.2 Å². The maximum atomic E-state index is 11.9. The Hall–Kier alpha value is -1.81. The average Bonchev–Trinajstić information content (AvgIpc) is 2.32. The van der Waals surface area contributed by atoms with Gasteiger partial charge < -0.3 is 15.0 Å². The molecule has 0 aliphatic rings. The van der Waals surface area contributed by atoms with E-state index in [0.29, 0.717) is 24.2 Å². The van der Waals surface area contributed by atoms with Gasteiger partial charge in [0.1, 0.15) is 5.75 Å². The summed E-state index contributed by atoms with van der Waals surface area (Å²) in [6, 6.07) is 5.37. The van der Waals surface area contributed by atoms with Crippen molar-refractivity contribution in [2.75, 3.05) is 13.7 Å². The third-order valence-corrected chi connectivity index (χ3v) is 2.77. The van der Waals surface area contributed by atoms with Gasteiger partial charge in [-0.05, 0) is 24.6 Å². The molecular formula is C13H16N2O2. The summed E-state index contributed by atoms with van der Waals surface area (Å²) >= 11 is 0. The van der Waals surface area contributed by atoms with Crippen molar-refractivity contribution >= 4 is 10.9 Å². The Morgan fingerprint density at radius 1 is 1.41 bits per heavy atom. The van der Waals surface area contributed by atoms with Gasteiger partial charge in [-0.3, -0.25) is 4.79 Å². The number of benzene rings is 1. The summed E-state index contributed by atoms with van der Waals surface area (Å²) in [4.78, 5) is 11.9. The second kappa shape index (κ2) is 4.59. The van der Waals surface area contributed by atoms with Gasteiger partial charge >= 0.3 is 0 Å². The predicted octanol–water partition coefficient (Wildman–Crippen LogP) is 1.28. The number of aryl methyl sites for hydroxylation is 1. The zero-order valence-electron chi connectivity index (χ0n) is 10.1. The van der Waals surface area contributed by atoms with Gasteiger partial charge in [-0.2, -0.15) is 0 Å².